The van der Waals surface area contributed by atoms with E-state index in [4.69, 9.17) is 0 Å². The first-order chi connectivity index (χ1) is 8.70. The number of nitrogens with zero attached hydrogens (tertiary/aromatic N) is 4. The Morgan fingerprint density at radius 2 is 2.33 bits per heavy atom. The van der Waals surface area contributed by atoms with E-state index in [2.05, 4.69) is 20.2 Å². The zero-order valence-corrected chi connectivity index (χ0v) is 10.2. The molecule has 1 saturated carbocycles. The monoisotopic (exact) mass is 249 g/mol. The van der Waals surface area contributed by atoms with Gasteiger partial charge in [0, 0.05) is 19.6 Å². The van der Waals surface area contributed by atoms with E-state index in [1.165, 1.54) is 12.7 Å². The number of piperidine rings is 1. The van der Waals surface area contributed by atoms with Crippen LogP contribution in [0.1, 0.15) is 19.3 Å². The molecule has 96 valence electrons. The Bertz CT molecular complexity index is 492. The summed E-state index contributed by atoms with van der Waals surface area (Å²) < 4.78 is 0. The van der Waals surface area contributed by atoms with Crippen LogP contribution in [0.25, 0.3) is 0 Å². The van der Waals surface area contributed by atoms with Crippen LogP contribution >= 0.6 is 0 Å². The van der Waals surface area contributed by atoms with Gasteiger partial charge < -0.3 is 10.2 Å². The maximum Gasteiger partial charge on any atom is 0.353 e. The molecule has 2 atom stereocenters. The fourth-order valence-corrected chi connectivity index (χ4v) is 3.11. The lowest BCUT2D eigenvalue weighted by Crippen LogP contribution is -2.33. The molecule has 7 nitrogen and oxygen atoms in total. The van der Waals surface area contributed by atoms with Gasteiger partial charge in [0.25, 0.3) is 0 Å². The molecule has 7 heteroatoms. The highest BCUT2D eigenvalue weighted by Crippen LogP contribution is 2.43. The highest BCUT2D eigenvalue weighted by atomic mass is 16.6. The fraction of sp³-hybridized carbons (Fsp3) is 0.636. The Hall–Kier alpha value is -1.92. The second-order valence-corrected chi connectivity index (χ2v) is 4.89. The molecule has 0 aromatic carbocycles. The van der Waals surface area contributed by atoms with Crippen LogP contribution < -0.4 is 10.2 Å². The molecule has 2 bridgehead atoms. The summed E-state index contributed by atoms with van der Waals surface area (Å²) in [5.74, 6) is 1.42. The Kier molecular flexibility index (Phi) is 2.53. The van der Waals surface area contributed by atoms with Crippen molar-refractivity contribution in [2.24, 2.45) is 5.92 Å². The van der Waals surface area contributed by atoms with Crippen molar-refractivity contribution >= 4 is 17.3 Å². The maximum absolute atomic E-state index is 11.2. The minimum Gasteiger partial charge on any atom is -0.367 e. The van der Waals surface area contributed by atoms with E-state index in [0.29, 0.717) is 17.8 Å². The number of hydrogen-bond acceptors (Lipinski definition) is 6. The van der Waals surface area contributed by atoms with Crippen LogP contribution in [0.3, 0.4) is 0 Å². The smallest absolute Gasteiger partial charge is 0.353 e. The zero-order valence-electron chi connectivity index (χ0n) is 10.2. The summed E-state index contributed by atoms with van der Waals surface area (Å²) in [5.41, 5.74) is -0.00690. The molecule has 2 heterocycles. The minimum absolute atomic E-state index is 0.00690. The van der Waals surface area contributed by atoms with Crippen LogP contribution in [0.15, 0.2) is 6.33 Å². The van der Waals surface area contributed by atoms with Crippen LogP contribution in [0.4, 0.5) is 17.3 Å². The van der Waals surface area contributed by atoms with Crippen molar-refractivity contribution in [2.75, 3.05) is 23.8 Å². The Morgan fingerprint density at radius 3 is 2.89 bits per heavy atom. The van der Waals surface area contributed by atoms with Crippen molar-refractivity contribution in [3.05, 3.63) is 16.4 Å². The molecule has 2 fully saturated rings. The summed E-state index contributed by atoms with van der Waals surface area (Å²) in [7, 11) is 1.63. The molecule has 1 aliphatic carbocycles. The predicted molar refractivity (Wildman–Crippen MR) is 66.7 cm³/mol. The minimum atomic E-state index is -0.396. The van der Waals surface area contributed by atoms with Crippen LogP contribution in [0.2, 0.25) is 0 Å². The molecule has 1 saturated heterocycles. The summed E-state index contributed by atoms with van der Waals surface area (Å²) in [6.45, 7) is 0.881. The lowest BCUT2D eigenvalue weighted by atomic mass is 10.1. The lowest BCUT2D eigenvalue weighted by Gasteiger charge is -2.27. The summed E-state index contributed by atoms with van der Waals surface area (Å²) in [6.07, 6.45) is 4.87. The molecule has 1 N–H and O–H groups in total. The predicted octanol–water partition coefficient (Wildman–Crippen LogP) is 1.42. The van der Waals surface area contributed by atoms with Crippen molar-refractivity contribution in [3.63, 3.8) is 0 Å². The second-order valence-electron chi connectivity index (χ2n) is 4.89. The van der Waals surface area contributed by atoms with Gasteiger partial charge in [-0.2, -0.15) is 0 Å². The molecule has 2 aliphatic rings. The van der Waals surface area contributed by atoms with Gasteiger partial charge in [-0.15, -0.1) is 0 Å². The highest BCUT2D eigenvalue weighted by Gasteiger charge is 2.41. The standard InChI is InChI=1S/C11H15N5O2/c1-12-10-9(16(17)18)11(14-6-13-10)15-5-7-2-3-8(15)4-7/h6-8H,2-5H2,1H3,(H,12,13,14). The van der Waals surface area contributed by atoms with Gasteiger partial charge in [0.05, 0.1) is 4.92 Å². The lowest BCUT2D eigenvalue weighted by molar-refractivity contribution is -0.383. The van der Waals surface area contributed by atoms with E-state index >= 15 is 0 Å². The van der Waals surface area contributed by atoms with E-state index in [9.17, 15) is 10.1 Å². The first-order valence-corrected chi connectivity index (χ1v) is 6.14. The van der Waals surface area contributed by atoms with Crippen LogP contribution in [-0.4, -0.2) is 34.5 Å². The average molecular weight is 249 g/mol. The summed E-state index contributed by atoms with van der Waals surface area (Å²) >= 11 is 0. The van der Waals surface area contributed by atoms with Gasteiger partial charge in [-0.1, -0.05) is 0 Å². The number of anilines is 2. The number of nitro groups is 1. The topological polar surface area (TPSA) is 84.2 Å². The molecular formula is C11H15N5O2. The van der Waals surface area contributed by atoms with E-state index in [1.54, 1.807) is 7.05 Å². The number of hydrogen-bond donors (Lipinski definition) is 1. The molecule has 1 aromatic rings. The first-order valence-electron chi connectivity index (χ1n) is 6.14. The van der Waals surface area contributed by atoms with Gasteiger partial charge in [-0.25, -0.2) is 9.97 Å². The molecular weight excluding hydrogens is 234 g/mol. The number of aromatic nitrogens is 2. The third-order valence-corrected chi connectivity index (χ3v) is 3.90. The summed E-state index contributed by atoms with van der Waals surface area (Å²) in [4.78, 5) is 21.0. The number of rotatable bonds is 3. The molecule has 0 radical (unpaired) electrons. The molecule has 0 amide bonds. The van der Waals surface area contributed by atoms with Crippen molar-refractivity contribution in [1.29, 1.82) is 0 Å². The molecule has 18 heavy (non-hydrogen) atoms. The van der Waals surface area contributed by atoms with Crippen molar-refractivity contribution in [1.82, 2.24) is 9.97 Å². The molecule has 0 spiro atoms. The van der Waals surface area contributed by atoms with E-state index in [1.807, 2.05) is 0 Å². The molecule has 2 unspecified atom stereocenters. The van der Waals surface area contributed by atoms with Crippen LogP contribution in [-0.2, 0) is 0 Å². The third kappa shape index (κ3) is 1.58. The first kappa shape index (κ1) is 11.2. The van der Waals surface area contributed by atoms with Gasteiger partial charge in [0.2, 0.25) is 11.6 Å². The number of fused-ring (bicyclic) bond motifs is 2. The maximum atomic E-state index is 11.2. The molecule has 1 aromatic heterocycles. The second kappa shape index (κ2) is 4.08. The van der Waals surface area contributed by atoms with Crippen molar-refractivity contribution in [2.45, 2.75) is 25.3 Å². The highest BCUT2D eigenvalue weighted by molar-refractivity contribution is 5.70. The third-order valence-electron chi connectivity index (χ3n) is 3.90. The van der Waals surface area contributed by atoms with E-state index in [-0.39, 0.29) is 11.5 Å². The van der Waals surface area contributed by atoms with Gasteiger partial charge in [-0.3, -0.25) is 10.1 Å². The Morgan fingerprint density at radius 1 is 1.50 bits per heavy atom. The van der Waals surface area contributed by atoms with E-state index < -0.39 is 4.92 Å². The normalized spacial score (nSPS) is 25.5. The quantitative estimate of drug-likeness (QED) is 0.644. The largest absolute Gasteiger partial charge is 0.367 e. The van der Waals surface area contributed by atoms with Gasteiger partial charge in [0.1, 0.15) is 6.33 Å². The zero-order chi connectivity index (χ0) is 12.7. The van der Waals surface area contributed by atoms with Crippen molar-refractivity contribution < 1.29 is 4.92 Å². The number of nitrogens with one attached hydrogen (secondary N) is 1. The van der Waals surface area contributed by atoms with Gasteiger partial charge in [-0.05, 0) is 25.2 Å². The average Bonchev–Trinajstić information content (AvgIpc) is 2.99. The SMILES string of the molecule is CNc1ncnc(N2CC3CCC2C3)c1[N+](=O)[O-]. The van der Waals surface area contributed by atoms with E-state index in [0.717, 1.165) is 19.4 Å². The Labute approximate surface area is 104 Å². The fourth-order valence-electron chi connectivity index (χ4n) is 3.11. The van der Waals surface area contributed by atoms with Crippen LogP contribution in [0.5, 0.6) is 0 Å². The molecule has 1 aliphatic heterocycles. The van der Waals surface area contributed by atoms with Gasteiger partial charge in [0.15, 0.2) is 0 Å². The van der Waals surface area contributed by atoms with Crippen molar-refractivity contribution in [3.8, 4) is 0 Å². The Balaban J connectivity index is 2.03. The summed E-state index contributed by atoms with van der Waals surface area (Å²) in [5, 5.41) is 14.0. The molecule has 3 rings (SSSR count). The van der Waals surface area contributed by atoms with Gasteiger partial charge >= 0.3 is 5.69 Å². The summed E-state index contributed by atoms with van der Waals surface area (Å²) in [6, 6.07) is 0.410. The van der Waals surface area contributed by atoms with Crippen LogP contribution in [0, 0.1) is 16.0 Å².